The van der Waals surface area contributed by atoms with Crippen molar-refractivity contribution in [3.8, 4) is 0 Å². The minimum atomic E-state index is -0.434. The number of hydrogen-bond donors (Lipinski definition) is 1. The third-order valence-corrected chi connectivity index (χ3v) is 3.88. The molecule has 0 bridgehead atoms. The molecule has 1 N–H and O–H groups in total. The van der Waals surface area contributed by atoms with E-state index in [2.05, 4.69) is 0 Å². The summed E-state index contributed by atoms with van der Waals surface area (Å²) >= 11 is 0. The molecule has 1 aliphatic rings. The fourth-order valence-corrected chi connectivity index (χ4v) is 2.78. The number of likely N-dealkylation sites (N-methyl/N-ethyl adjacent to an activating group) is 1. The monoisotopic (exact) mass is 294 g/mol. The number of carbonyl (C=O) groups is 1. The van der Waals surface area contributed by atoms with E-state index in [9.17, 15) is 14.3 Å². The van der Waals surface area contributed by atoms with Crippen molar-refractivity contribution in [2.45, 2.75) is 18.9 Å². The van der Waals surface area contributed by atoms with Gasteiger partial charge in [0.25, 0.3) is 0 Å². The average molecular weight is 294 g/mol. The second-order valence-corrected chi connectivity index (χ2v) is 6.03. The van der Waals surface area contributed by atoms with Gasteiger partial charge in [-0.2, -0.15) is 0 Å². The first-order valence-electron chi connectivity index (χ1n) is 7.30. The Labute approximate surface area is 125 Å². The molecule has 1 aliphatic heterocycles. The Morgan fingerprint density at radius 2 is 2.24 bits per heavy atom. The van der Waals surface area contributed by atoms with Crippen LogP contribution >= 0.6 is 0 Å². The molecule has 4 nitrogen and oxygen atoms in total. The summed E-state index contributed by atoms with van der Waals surface area (Å²) < 4.78 is 13.2. The maximum atomic E-state index is 13.2. The minimum Gasteiger partial charge on any atom is -0.393 e. The number of aliphatic hydroxyl groups excluding tert-OH is 1. The van der Waals surface area contributed by atoms with E-state index in [4.69, 9.17) is 0 Å². The fraction of sp³-hybridized carbons (Fsp3) is 0.562. The SMILES string of the molecule is CN(C)CC(=O)N1CC[C@H](O)[C@H](Cc2cccc(F)c2)C1. The molecular formula is C16H23FN2O2. The summed E-state index contributed by atoms with van der Waals surface area (Å²) in [6.07, 6.45) is 0.737. The standard InChI is InChI=1S/C16H23FN2O2/c1-18(2)11-16(21)19-7-6-15(20)13(10-19)8-12-4-3-5-14(17)9-12/h3-5,9,13,15,20H,6-8,10-11H2,1-2H3/t13-,15+/m1/s1. The predicted octanol–water partition coefficient (Wildman–Crippen LogP) is 1.14. The van der Waals surface area contributed by atoms with Crippen LogP contribution in [0.25, 0.3) is 0 Å². The molecule has 0 spiro atoms. The molecule has 1 fully saturated rings. The predicted molar refractivity (Wildman–Crippen MR) is 79.4 cm³/mol. The van der Waals surface area contributed by atoms with Crippen molar-refractivity contribution in [2.75, 3.05) is 33.7 Å². The van der Waals surface area contributed by atoms with Gasteiger partial charge in [0, 0.05) is 19.0 Å². The van der Waals surface area contributed by atoms with E-state index >= 15 is 0 Å². The molecule has 2 atom stereocenters. The normalized spacial score (nSPS) is 22.6. The first-order valence-corrected chi connectivity index (χ1v) is 7.30. The number of halogens is 1. The third kappa shape index (κ3) is 4.51. The van der Waals surface area contributed by atoms with Crippen LogP contribution in [0.4, 0.5) is 4.39 Å². The molecule has 0 saturated carbocycles. The van der Waals surface area contributed by atoms with Gasteiger partial charge in [0.2, 0.25) is 5.91 Å². The molecule has 1 aromatic carbocycles. The molecule has 5 heteroatoms. The molecule has 1 saturated heterocycles. The van der Waals surface area contributed by atoms with Crippen molar-refractivity contribution in [1.29, 1.82) is 0 Å². The highest BCUT2D eigenvalue weighted by atomic mass is 19.1. The van der Waals surface area contributed by atoms with Gasteiger partial charge in [-0.15, -0.1) is 0 Å². The van der Waals surface area contributed by atoms with Gasteiger partial charge in [0.05, 0.1) is 12.6 Å². The number of hydrogen-bond acceptors (Lipinski definition) is 3. The first kappa shape index (κ1) is 15.9. The highest BCUT2D eigenvalue weighted by Crippen LogP contribution is 2.22. The number of aliphatic hydroxyl groups is 1. The van der Waals surface area contributed by atoms with Gasteiger partial charge < -0.3 is 14.9 Å². The van der Waals surface area contributed by atoms with Gasteiger partial charge in [-0.3, -0.25) is 4.79 Å². The van der Waals surface area contributed by atoms with Gasteiger partial charge in [-0.1, -0.05) is 12.1 Å². The number of likely N-dealkylation sites (tertiary alicyclic amines) is 1. The molecule has 0 radical (unpaired) electrons. The zero-order valence-corrected chi connectivity index (χ0v) is 12.6. The van der Waals surface area contributed by atoms with Gasteiger partial charge in [0.15, 0.2) is 0 Å². The molecule has 21 heavy (non-hydrogen) atoms. The Balaban J connectivity index is 1.99. The third-order valence-electron chi connectivity index (χ3n) is 3.88. The van der Waals surface area contributed by atoms with Crippen molar-refractivity contribution in [3.05, 3.63) is 35.6 Å². The quantitative estimate of drug-likeness (QED) is 0.905. The number of amides is 1. The maximum absolute atomic E-state index is 13.2. The van der Waals surface area contributed by atoms with Crippen molar-refractivity contribution < 1.29 is 14.3 Å². The summed E-state index contributed by atoms with van der Waals surface area (Å²) in [5.74, 6) is -0.221. The van der Waals surface area contributed by atoms with Crippen molar-refractivity contribution in [2.24, 2.45) is 5.92 Å². The van der Waals surface area contributed by atoms with E-state index in [1.165, 1.54) is 12.1 Å². The van der Waals surface area contributed by atoms with E-state index < -0.39 is 6.10 Å². The number of piperidine rings is 1. The molecule has 2 rings (SSSR count). The van der Waals surface area contributed by atoms with Crippen LogP contribution in [0.1, 0.15) is 12.0 Å². The highest BCUT2D eigenvalue weighted by molar-refractivity contribution is 5.78. The number of benzene rings is 1. The molecule has 0 aliphatic carbocycles. The van der Waals surface area contributed by atoms with E-state index in [0.29, 0.717) is 32.5 Å². The zero-order chi connectivity index (χ0) is 15.4. The fourth-order valence-electron chi connectivity index (χ4n) is 2.78. The summed E-state index contributed by atoms with van der Waals surface area (Å²) in [5.41, 5.74) is 0.862. The minimum absolute atomic E-state index is 0.0355. The molecule has 1 heterocycles. The van der Waals surface area contributed by atoms with Crippen LogP contribution in [-0.2, 0) is 11.2 Å². The van der Waals surface area contributed by atoms with Crippen LogP contribution in [0.5, 0.6) is 0 Å². The van der Waals surface area contributed by atoms with E-state index in [0.717, 1.165) is 5.56 Å². The van der Waals surface area contributed by atoms with Gasteiger partial charge in [0.1, 0.15) is 5.82 Å². The summed E-state index contributed by atoms with van der Waals surface area (Å²) in [7, 11) is 3.72. The second kappa shape index (κ2) is 7.00. The lowest BCUT2D eigenvalue weighted by atomic mass is 9.88. The van der Waals surface area contributed by atoms with Crippen molar-refractivity contribution in [1.82, 2.24) is 9.80 Å². The van der Waals surface area contributed by atoms with Crippen molar-refractivity contribution >= 4 is 5.91 Å². The Morgan fingerprint density at radius 1 is 1.48 bits per heavy atom. The number of nitrogens with zero attached hydrogens (tertiary/aromatic N) is 2. The van der Waals surface area contributed by atoms with E-state index in [1.54, 1.807) is 11.0 Å². The summed E-state index contributed by atoms with van der Waals surface area (Å²) in [6, 6.07) is 6.44. The largest absolute Gasteiger partial charge is 0.393 e. The first-order chi connectivity index (χ1) is 9.95. The van der Waals surface area contributed by atoms with E-state index in [1.807, 2.05) is 25.1 Å². The average Bonchev–Trinajstić information content (AvgIpc) is 2.40. The van der Waals surface area contributed by atoms with Crippen LogP contribution in [0.2, 0.25) is 0 Å². The maximum Gasteiger partial charge on any atom is 0.236 e. The smallest absolute Gasteiger partial charge is 0.236 e. The lowest BCUT2D eigenvalue weighted by Gasteiger charge is -2.36. The van der Waals surface area contributed by atoms with Crippen LogP contribution in [0.15, 0.2) is 24.3 Å². The summed E-state index contributed by atoms with van der Waals surface area (Å²) in [5, 5.41) is 10.1. The molecular weight excluding hydrogens is 271 g/mol. The van der Waals surface area contributed by atoms with Gasteiger partial charge in [-0.05, 0) is 44.6 Å². The Bertz CT molecular complexity index is 493. The Morgan fingerprint density at radius 3 is 2.90 bits per heavy atom. The van der Waals surface area contributed by atoms with Gasteiger partial charge in [-0.25, -0.2) is 4.39 Å². The summed E-state index contributed by atoms with van der Waals surface area (Å²) in [6.45, 7) is 1.50. The highest BCUT2D eigenvalue weighted by Gasteiger charge is 2.30. The molecule has 116 valence electrons. The van der Waals surface area contributed by atoms with Crippen LogP contribution < -0.4 is 0 Å². The zero-order valence-electron chi connectivity index (χ0n) is 12.6. The Hall–Kier alpha value is -1.46. The van der Waals surface area contributed by atoms with Crippen LogP contribution in [0.3, 0.4) is 0 Å². The number of rotatable bonds is 4. The molecule has 0 unspecified atom stereocenters. The Kier molecular flexibility index (Phi) is 5.31. The number of carbonyl (C=O) groups excluding carboxylic acids is 1. The lowest BCUT2D eigenvalue weighted by Crippen LogP contribution is -2.49. The second-order valence-electron chi connectivity index (χ2n) is 6.03. The van der Waals surface area contributed by atoms with Crippen molar-refractivity contribution in [3.63, 3.8) is 0 Å². The van der Waals surface area contributed by atoms with Crippen LogP contribution in [-0.4, -0.2) is 60.6 Å². The molecule has 1 amide bonds. The molecule has 0 aromatic heterocycles. The van der Waals surface area contributed by atoms with Gasteiger partial charge >= 0.3 is 0 Å². The van der Waals surface area contributed by atoms with Crippen LogP contribution in [0, 0.1) is 11.7 Å². The topological polar surface area (TPSA) is 43.8 Å². The molecule has 1 aromatic rings. The summed E-state index contributed by atoms with van der Waals surface area (Å²) in [4.78, 5) is 15.8. The lowest BCUT2D eigenvalue weighted by molar-refractivity contribution is -0.135. The van der Waals surface area contributed by atoms with E-state index in [-0.39, 0.29) is 17.6 Å².